The third kappa shape index (κ3) is 4.23. The standard InChI is InChI=1S/C26H43NO6/c1-14(4-7-22(31)27-13-23(32)33)17-5-6-18-24-19(12-21(30)26(17,18)3)25(2)9-8-16(28)10-15(25)11-20(24)29/h14-21,24,28-30H,4-13H2,1-3H3,(H,27,31)(H,32,33)/t14-,15+,16-,17-,18+,19-,20-,21+,24+,25+,26-/m1/s1. The maximum absolute atomic E-state index is 12.0. The van der Waals surface area contributed by atoms with Crippen molar-refractivity contribution in [1.29, 1.82) is 0 Å². The molecule has 0 saturated heterocycles. The molecule has 0 aromatic carbocycles. The highest BCUT2D eigenvalue weighted by atomic mass is 16.4. The van der Waals surface area contributed by atoms with Crippen LogP contribution >= 0.6 is 0 Å². The highest BCUT2D eigenvalue weighted by Crippen LogP contribution is 2.68. The van der Waals surface area contributed by atoms with Crippen LogP contribution in [0.25, 0.3) is 0 Å². The molecule has 0 radical (unpaired) electrons. The summed E-state index contributed by atoms with van der Waals surface area (Å²) in [7, 11) is 0. The average molecular weight is 466 g/mol. The summed E-state index contributed by atoms with van der Waals surface area (Å²) in [5.74, 6) is 0.265. The summed E-state index contributed by atoms with van der Waals surface area (Å²) in [6.45, 7) is 6.35. The van der Waals surface area contributed by atoms with Crippen molar-refractivity contribution in [2.24, 2.45) is 46.3 Å². The van der Waals surface area contributed by atoms with Crippen LogP contribution in [0.15, 0.2) is 0 Å². The summed E-state index contributed by atoms with van der Waals surface area (Å²) in [6.07, 6.45) is 5.86. The molecule has 5 N–H and O–H groups in total. The van der Waals surface area contributed by atoms with Gasteiger partial charge in [0, 0.05) is 6.42 Å². The number of amides is 1. The molecule has 4 aliphatic carbocycles. The maximum Gasteiger partial charge on any atom is 0.322 e. The SMILES string of the molecule is C[C@H](CCC(=O)NCC(=O)O)[C@H]1CC[C@H]2[C@@H]3[C@H](O)C[C@@H]4C[C@H](O)CC[C@]4(C)[C@@H]3C[C@H](O)[C@]12C. The van der Waals surface area contributed by atoms with Gasteiger partial charge in [-0.05, 0) is 97.7 Å². The number of rotatable bonds is 6. The Morgan fingerprint density at radius 1 is 1.03 bits per heavy atom. The zero-order valence-electron chi connectivity index (χ0n) is 20.4. The fourth-order valence-corrected chi connectivity index (χ4v) is 8.95. The molecular weight excluding hydrogens is 422 g/mol. The second kappa shape index (κ2) is 9.12. The van der Waals surface area contributed by atoms with Gasteiger partial charge in [-0.1, -0.05) is 20.8 Å². The van der Waals surface area contributed by atoms with Crippen LogP contribution in [0.1, 0.15) is 78.6 Å². The minimum absolute atomic E-state index is 0.0668. The third-order valence-corrected chi connectivity index (χ3v) is 10.8. The molecular formula is C26H43NO6. The molecule has 4 rings (SSSR count). The first-order chi connectivity index (χ1) is 15.5. The number of fused-ring (bicyclic) bond motifs is 5. The molecule has 0 aromatic rings. The van der Waals surface area contributed by atoms with Gasteiger partial charge in [-0.3, -0.25) is 9.59 Å². The van der Waals surface area contributed by atoms with Gasteiger partial charge in [0.1, 0.15) is 6.54 Å². The second-order valence-corrected chi connectivity index (χ2v) is 12.2. The zero-order chi connectivity index (χ0) is 24.1. The van der Waals surface area contributed by atoms with Crippen LogP contribution in [0.2, 0.25) is 0 Å². The van der Waals surface area contributed by atoms with E-state index in [1.54, 1.807) is 0 Å². The van der Waals surface area contributed by atoms with Gasteiger partial charge in [0.15, 0.2) is 0 Å². The van der Waals surface area contributed by atoms with Gasteiger partial charge in [0.25, 0.3) is 0 Å². The zero-order valence-corrected chi connectivity index (χ0v) is 20.4. The molecule has 0 bridgehead atoms. The smallest absolute Gasteiger partial charge is 0.322 e. The van der Waals surface area contributed by atoms with E-state index in [0.717, 1.165) is 38.5 Å². The molecule has 4 fully saturated rings. The molecule has 4 saturated carbocycles. The number of carboxylic acids is 1. The van der Waals surface area contributed by atoms with Crippen molar-refractivity contribution in [2.45, 2.75) is 96.9 Å². The highest BCUT2D eigenvalue weighted by molar-refractivity contribution is 5.81. The van der Waals surface area contributed by atoms with Crippen LogP contribution < -0.4 is 5.32 Å². The van der Waals surface area contributed by atoms with E-state index in [0.29, 0.717) is 25.2 Å². The molecule has 188 valence electrons. The molecule has 4 aliphatic rings. The Kier molecular flexibility index (Phi) is 6.89. The maximum atomic E-state index is 12.0. The summed E-state index contributed by atoms with van der Waals surface area (Å²) in [5, 5.41) is 44.4. The van der Waals surface area contributed by atoms with E-state index in [1.807, 2.05) is 0 Å². The van der Waals surface area contributed by atoms with Crippen LogP contribution in [-0.4, -0.2) is 57.2 Å². The quantitative estimate of drug-likeness (QED) is 0.410. The minimum atomic E-state index is -1.04. The lowest BCUT2D eigenvalue weighted by Gasteiger charge is -2.63. The molecule has 0 heterocycles. The fourth-order valence-electron chi connectivity index (χ4n) is 8.95. The van der Waals surface area contributed by atoms with Crippen molar-refractivity contribution in [3.8, 4) is 0 Å². The molecule has 0 spiro atoms. The number of aliphatic hydroxyl groups excluding tert-OH is 3. The van der Waals surface area contributed by atoms with Gasteiger partial charge >= 0.3 is 5.97 Å². The van der Waals surface area contributed by atoms with E-state index < -0.39 is 12.1 Å². The van der Waals surface area contributed by atoms with Gasteiger partial charge in [0.2, 0.25) is 5.91 Å². The van der Waals surface area contributed by atoms with Crippen molar-refractivity contribution in [2.75, 3.05) is 6.54 Å². The van der Waals surface area contributed by atoms with E-state index in [2.05, 4.69) is 26.1 Å². The summed E-state index contributed by atoms with van der Waals surface area (Å²) in [6, 6.07) is 0. The lowest BCUT2D eigenvalue weighted by atomic mass is 9.43. The number of aliphatic hydroxyl groups is 3. The number of hydrogen-bond acceptors (Lipinski definition) is 5. The molecule has 0 unspecified atom stereocenters. The van der Waals surface area contributed by atoms with E-state index in [-0.39, 0.29) is 65.1 Å². The molecule has 11 atom stereocenters. The number of carbonyl (C=O) groups excluding carboxylic acids is 1. The number of hydrogen-bond donors (Lipinski definition) is 5. The lowest BCUT2D eigenvalue weighted by Crippen LogP contribution is -2.62. The molecule has 7 nitrogen and oxygen atoms in total. The van der Waals surface area contributed by atoms with Gasteiger partial charge in [-0.25, -0.2) is 0 Å². The normalized spacial score (nSPS) is 47.7. The van der Waals surface area contributed by atoms with Crippen LogP contribution in [-0.2, 0) is 9.59 Å². The van der Waals surface area contributed by atoms with Crippen molar-refractivity contribution in [3.05, 3.63) is 0 Å². The molecule has 0 aliphatic heterocycles. The molecule has 0 aromatic heterocycles. The fraction of sp³-hybridized carbons (Fsp3) is 0.923. The van der Waals surface area contributed by atoms with Crippen LogP contribution in [0, 0.1) is 46.3 Å². The van der Waals surface area contributed by atoms with Gasteiger partial charge in [-0.15, -0.1) is 0 Å². The van der Waals surface area contributed by atoms with E-state index >= 15 is 0 Å². The average Bonchev–Trinajstić information content (AvgIpc) is 3.11. The summed E-state index contributed by atoms with van der Waals surface area (Å²) < 4.78 is 0. The lowest BCUT2D eigenvalue weighted by molar-refractivity contribution is -0.207. The van der Waals surface area contributed by atoms with Crippen molar-refractivity contribution < 1.29 is 30.0 Å². The Morgan fingerprint density at radius 3 is 2.45 bits per heavy atom. The van der Waals surface area contributed by atoms with Gasteiger partial charge in [-0.2, -0.15) is 0 Å². The van der Waals surface area contributed by atoms with Gasteiger partial charge < -0.3 is 25.7 Å². The predicted octanol–water partition coefficient (Wildman–Crippen LogP) is 2.56. The number of nitrogens with one attached hydrogen (secondary N) is 1. The Bertz CT molecular complexity index is 759. The highest BCUT2D eigenvalue weighted by Gasteiger charge is 2.65. The topological polar surface area (TPSA) is 127 Å². The summed E-state index contributed by atoms with van der Waals surface area (Å²) in [5.41, 5.74) is -0.214. The Hall–Kier alpha value is -1.18. The van der Waals surface area contributed by atoms with Crippen molar-refractivity contribution in [3.63, 3.8) is 0 Å². The monoisotopic (exact) mass is 465 g/mol. The first-order valence-corrected chi connectivity index (χ1v) is 13.0. The van der Waals surface area contributed by atoms with E-state index in [4.69, 9.17) is 5.11 Å². The Morgan fingerprint density at radius 2 is 1.76 bits per heavy atom. The minimum Gasteiger partial charge on any atom is -0.480 e. The molecule has 7 heteroatoms. The Balaban J connectivity index is 1.49. The second-order valence-electron chi connectivity index (χ2n) is 12.2. The van der Waals surface area contributed by atoms with Gasteiger partial charge in [0.05, 0.1) is 18.3 Å². The third-order valence-electron chi connectivity index (χ3n) is 10.8. The van der Waals surface area contributed by atoms with Crippen LogP contribution in [0.3, 0.4) is 0 Å². The first-order valence-electron chi connectivity index (χ1n) is 13.0. The summed E-state index contributed by atoms with van der Waals surface area (Å²) >= 11 is 0. The van der Waals surface area contributed by atoms with Crippen LogP contribution in [0.5, 0.6) is 0 Å². The van der Waals surface area contributed by atoms with Crippen LogP contribution in [0.4, 0.5) is 0 Å². The van der Waals surface area contributed by atoms with E-state index in [9.17, 15) is 24.9 Å². The van der Waals surface area contributed by atoms with Crippen molar-refractivity contribution >= 4 is 11.9 Å². The van der Waals surface area contributed by atoms with Crippen molar-refractivity contribution in [1.82, 2.24) is 5.32 Å². The first kappa shape index (κ1) is 24.9. The Labute approximate surface area is 197 Å². The molecule has 1 amide bonds. The largest absolute Gasteiger partial charge is 0.480 e. The predicted molar refractivity (Wildman–Crippen MR) is 123 cm³/mol. The number of carbonyl (C=O) groups is 2. The molecule has 33 heavy (non-hydrogen) atoms. The number of aliphatic carboxylic acids is 1. The number of carboxylic acid groups (broad SMARTS) is 1. The summed E-state index contributed by atoms with van der Waals surface area (Å²) in [4.78, 5) is 22.7. The van der Waals surface area contributed by atoms with E-state index in [1.165, 1.54) is 0 Å².